The third-order valence-electron chi connectivity index (χ3n) is 4.14. The number of hydrogen-bond acceptors (Lipinski definition) is 2. The highest BCUT2D eigenvalue weighted by Gasteiger charge is 2.16. The Bertz CT molecular complexity index is 516. The minimum Gasteiger partial charge on any atom is -0.353 e. The number of benzene rings is 1. The van der Waals surface area contributed by atoms with Gasteiger partial charge in [0.1, 0.15) is 0 Å². The van der Waals surface area contributed by atoms with Gasteiger partial charge in [0, 0.05) is 29.7 Å². The van der Waals surface area contributed by atoms with Crippen LogP contribution in [0.4, 0.5) is 0 Å². The van der Waals surface area contributed by atoms with Gasteiger partial charge < -0.3 is 10.2 Å². The van der Waals surface area contributed by atoms with Crippen molar-refractivity contribution in [1.82, 2.24) is 10.2 Å². The van der Waals surface area contributed by atoms with Crippen molar-refractivity contribution in [3.05, 3.63) is 40.4 Å². The summed E-state index contributed by atoms with van der Waals surface area (Å²) in [7, 11) is 0. The highest BCUT2D eigenvalue weighted by Crippen LogP contribution is 2.16. The summed E-state index contributed by atoms with van der Waals surface area (Å²) >= 11 is 3.42. The Labute approximate surface area is 141 Å². The van der Waals surface area contributed by atoms with Crippen LogP contribution in [-0.4, -0.2) is 36.5 Å². The SMILES string of the molecule is C[C@H]1CCCCN1CCCNC(=O)/C=C/c1cccc(Br)c1. The molecule has 1 aromatic rings. The van der Waals surface area contributed by atoms with Crippen LogP contribution in [0.1, 0.15) is 38.2 Å². The fourth-order valence-corrected chi connectivity index (χ4v) is 3.24. The molecule has 120 valence electrons. The number of hydrogen-bond donors (Lipinski definition) is 1. The van der Waals surface area contributed by atoms with E-state index in [1.807, 2.05) is 30.3 Å². The number of likely N-dealkylation sites (tertiary alicyclic amines) is 1. The highest BCUT2D eigenvalue weighted by atomic mass is 79.9. The fourth-order valence-electron chi connectivity index (χ4n) is 2.82. The standard InChI is InChI=1S/C18H25BrN2O/c1-15-6-2-3-12-21(15)13-5-11-20-18(22)10-9-16-7-4-8-17(19)14-16/h4,7-10,14-15H,2-3,5-6,11-13H2,1H3,(H,20,22)/b10-9+/t15-/m0/s1. The lowest BCUT2D eigenvalue weighted by atomic mass is 10.0. The highest BCUT2D eigenvalue weighted by molar-refractivity contribution is 9.10. The van der Waals surface area contributed by atoms with E-state index < -0.39 is 0 Å². The summed E-state index contributed by atoms with van der Waals surface area (Å²) in [5, 5.41) is 2.96. The summed E-state index contributed by atoms with van der Waals surface area (Å²) in [5.41, 5.74) is 1.02. The molecule has 4 heteroatoms. The van der Waals surface area contributed by atoms with Crippen LogP contribution in [0.3, 0.4) is 0 Å². The number of rotatable bonds is 6. The molecule has 1 saturated heterocycles. The van der Waals surface area contributed by atoms with Crippen LogP contribution in [0.25, 0.3) is 6.08 Å². The number of nitrogens with one attached hydrogen (secondary N) is 1. The third kappa shape index (κ3) is 5.93. The lowest BCUT2D eigenvalue weighted by molar-refractivity contribution is -0.116. The first-order valence-corrected chi connectivity index (χ1v) is 8.90. The van der Waals surface area contributed by atoms with E-state index in [9.17, 15) is 4.79 Å². The topological polar surface area (TPSA) is 32.3 Å². The Hall–Kier alpha value is -1.13. The first-order chi connectivity index (χ1) is 10.6. The molecule has 22 heavy (non-hydrogen) atoms. The second kappa shape index (κ2) is 9.11. The minimum atomic E-state index is -0.0216. The number of amides is 1. The molecule has 1 aromatic carbocycles. The monoisotopic (exact) mass is 364 g/mol. The van der Waals surface area contributed by atoms with E-state index in [-0.39, 0.29) is 5.91 Å². The van der Waals surface area contributed by atoms with Gasteiger partial charge in [-0.15, -0.1) is 0 Å². The Morgan fingerprint density at radius 2 is 2.32 bits per heavy atom. The molecule has 0 aromatic heterocycles. The van der Waals surface area contributed by atoms with E-state index in [0.717, 1.165) is 29.5 Å². The zero-order chi connectivity index (χ0) is 15.8. The maximum Gasteiger partial charge on any atom is 0.243 e. The van der Waals surface area contributed by atoms with Gasteiger partial charge in [0.2, 0.25) is 5.91 Å². The molecule has 0 unspecified atom stereocenters. The van der Waals surface area contributed by atoms with E-state index in [2.05, 4.69) is 33.1 Å². The van der Waals surface area contributed by atoms with Gasteiger partial charge in [0.25, 0.3) is 0 Å². The third-order valence-corrected chi connectivity index (χ3v) is 4.63. The predicted octanol–water partition coefficient (Wildman–Crippen LogP) is 3.84. The Kier molecular flexibility index (Phi) is 7.13. The number of carbonyl (C=O) groups excluding carboxylic acids is 1. The summed E-state index contributed by atoms with van der Waals surface area (Å²) in [6.07, 6.45) is 8.43. The van der Waals surface area contributed by atoms with Crippen molar-refractivity contribution in [1.29, 1.82) is 0 Å². The first-order valence-electron chi connectivity index (χ1n) is 8.10. The lowest BCUT2D eigenvalue weighted by Gasteiger charge is -2.33. The smallest absolute Gasteiger partial charge is 0.243 e. The molecule has 0 spiro atoms. The number of nitrogens with zero attached hydrogens (tertiary/aromatic N) is 1. The van der Waals surface area contributed by atoms with Gasteiger partial charge in [-0.3, -0.25) is 4.79 Å². The van der Waals surface area contributed by atoms with Crippen molar-refractivity contribution >= 4 is 27.9 Å². The number of carbonyl (C=O) groups is 1. The van der Waals surface area contributed by atoms with E-state index in [1.165, 1.54) is 25.8 Å². The maximum absolute atomic E-state index is 11.8. The molecular formula is C18H25BrN2O. The summed E-state index contributed by atoms with van der Waals surface area (Å²) in [4.78, 5) is 14.3. The van der Waals surface area contributed by atoms with Crippen molar-refractivity contribution in [3.63, 3.8) is 0 Å². The number of piperidine rings is 1. The van der Waals surface area contributed by atoms with Crippen LogP contribution in [0.15, 0.2) is 34.8 Å². The molecule has 1 fully saturated rings. The quantitative estimate of drug-likeness (QED) is 0.614. The number of halogens is 1. The summed E-state index contributed by atoms with van der Waals surface area (Å²) in [6, 6.07) is 8.59. The lowest BCUT2D eigenvalue weighted by Crippen LogP contribution is -2.39. The van der Waals surface area contributed by atoms with Gasteiger partial charge in [-0.2, -0.15) is 0 Å². The molecule has 0 aliphatic carbocycles. The van der Waals surface area contributed by atoms with Crippen LogP contribution < -0.4 is 5.32 Å². The maximum atomic E-state index is 11.8. The van der Waals surface area contributed by atoms with Gasteiger partial charge in [-0.1, -0.05) is 34.5 Å². The summed E-state index contributed by atoms with van der Waals surface area (Å²) in [6.45, 7) is 5.33. The van der Waals surface area contributed by atoms with E-state index in [4.69, 9.17) is 0 Å². The predicted molar refractivity (Wildman–Crippen MR) is 95.7 cm³/mol. The van der Waals surface area contributed by atoms with Crippen LogP contribution in [0.2, 0.25) is 0 Å². The molecule has 0 saturated carbocycles. The van der Waals surface area contributed by atoms with Crippen LogP contribution in [-0.2, 0) is 4.79 Å². The van der Waals surface area contributed by atoms with Crippen molar-refractivity contribution in [2.45, 2.75) is 38.6 Å². The molecule has 1 aliphatic rings. The summed E-state index contributed by atoms with van der Waals surface area (Å²) < 4.78 is 1.02. The summed E-state index contributed by atoms with van der Waals surface area (Å²) in [5.74, 6) is -0.0216. The van der Waals surface area contributed by atoms with Gasteiger partial charge in [0.15, 0.2) is 0 Å². The Morgan fingerprint density at radius 3 is 3.09 bits per heavy atom. The fraction of sp³-hybridized carbons (Fsp3) is 0.500. The molecule has 1 atom stereocenters. The van der Waals surface area contributed by atoms with E-state index in [1.54, 1.807) is 6.08 Å². The Morgan fingerprint density at radius 1 is 1.45 bits per heavy atom. The van der Waals surface area contributed by atoms with Crippen molar-refractivity contribution in [3.8, 4) is 0 Å². The van der Waals surface area contributed by atoms with Gasteiger partial charge in [-0.05, 0) is 56.5 Å². The average molecular weight is 365 g/mol. The molecule has 1 amide bonds. The molecule has 0 bridgehead atoms. The average Bonchev–Trinajstić information content (AvgIpc) is 2.51. The largest absolute Gasteiger partial charge is 0.353 e. The zero-order valence-corrected chi connectivity index (χ0v) is 14.8. The first kappa shape index (κ1) is 17.2. The second-order valence-electron chi connectivity index (χ2n) is 5.91. The van der Waals surface area contributed by atoms with Crippen LogP contribution in [0.5, 0.6) is 0 Å². The van der Waals surface area contributed by atoms with Crippen molar-refractivity contribution in [2.75, 3.05) is 19.6 Å². The zero-order valence-electron chi connectivity index (χ0n) is 13.2. The van der Waals surface area contributed by atoms with Gasteiger partial charge in [0.05, 0.1) is 0 Å². The van der Waals surface area contributed by atoms with Crippen LogP contribution in [0, 0.1) is 0 Å². The molecular weight excluding hydrogens is 340 g/mol. The Balaban J connectivity index is 1.65. The normalized spacial score (nSPS) is 19.5. The van der Waals surface area contributed by atoms with Gasteiger partial charge in [-0.25, -0.2) is 0 Å². The van der Waals surface area contributed by atoms with E-state index in [0.29, 0.717) is 6.04 Å². The molecule has 2 rings (SSSR count). The molecule has 1 aliphatic heterocycles. The molecule has 0 radical (unpaired) electrons. The molecule has 1 heterocycles. The van der Waals surface area contributed by atoms with Crippen molar-refractivity contribution < 1.29 is 4.79 Å². The van der Waals surface area contributed by atoms with E-state index >= 15 is 0 Å². The second-order valence-corrected chi connectivity index (χ2v) is 6.83. The molecule has 1 N–H and O–H groups in total. The van der Waals surface area contributed by atoms with Crippen LogP contribution >= 0.6 is 15.9 Å². The van der Waals surface area contributed by atoms with Crippen molar-refractivity contribution in [2.24, 2.45) is 0 Å². The minimum absolute atomic E-state index is 0.0216. The molecule has 3 nitrogen and oxygen atoms in total. The van der Waals surface area contributed by atoms with Gasteiger partial charge >= 0.3 is 0 Å².